The van der Waals surface area contributed by atoms with E-state index >= 15 is 0 Å². The molecule has 8 heteroatoms. The first-order chi connectivity index (χ1) is 11.7. The Morgan fingerprint density at radius 3 is 2.80 bits per heavy atom. The molecule has 0 unspecified atom stereocenters. The maximum absolute atomic E-state index is 12.8. The number of aryl methyl sites for hydroxylation is 2. The lowest BCUT2D eigenvalue weighted by Crippen LogP contribution is -2.31. The van der Waals surface area contributed by atoms with Crippen LogP contribution in [0.2, 0.25) is 0 Å². The van der Waals surface area contributed by atoms with Gasteiger partial charge in [0.05, 0.1) is 5.69 Å². The Bertz CT molecular complexity index is 757. The number of alkyl halides is 3. The number of hydrogen-bond donors (Lipinski definition) is 1. The zero-order chi connectivity index (χ0) is 18.2. The highest BCUT2D eigenvalue weighted by atomic mass is 19.4. The number of pyridine rings is 1. The van der Waals surface area contributed by atoms with E-state index in [4.69, 9.17) is 0 Å². The Kier molecular flexibility index (Phi) is 4.73. The van der Waals surface area contributed by atoms with Crippen LogP contribution in [-0.2, 0) is 25.7 Å². The van der Waals surface area contributed by atoms with Gasteiger partial charge in [-0.1, -0.05) is 0 Å². The van der Waals surface area contributed by atoms with E-state index in [9.17, 15) is 18.3 Å². The minimum absolute atomic E-state index is 0.160. The molecule has 0 spiro atoms. The number of nitrogens with zero attached hydrogens (tertiary/aromatic N) is 4. The van der Waals surface area contributed by atoms with Crippen LogP contribution in [0.15, 0.2) is 18.3 Å². The summed E-state index contributed by atoms with van der Waals surface area (Å²) in [6.07, 6.45) is -1.95. The van der Waals surface area contributed by atoms with E-state index in [0.717, 1.165) is 18.3 Å². The Hall–Kier alpha value is -2.09. The molecule has 2 aromatic rings. The fourth-order valence-corrected chi connectivity index (χ4v) is 3.28. The minimum Gasteiger partial charge on any atom is -0.506 e. The summed E-state index contributed by atoms with van der Waals surface area (Å²) >= 11 is 0. The molecule has 1 atom stereocenters. The molecule has 1 aliphatic heterocycles. The average Bonchev–Trinajstić information content (AvgIpc) is 2.94. The number of fused-ring (bicyclic) bond motifs is 1. The topological polar surface area (TPSA) is 54.2 Å². The summed E-state index contributed by atoms with van der Waals surface area (Å²) in [7, 11) is 1.92. The third kappa shape index (κ3) is 4.12. The molecule has 0 saturated carbocycles. The van der Waals surface area contributed by atoms with Crippen LogP contribution in [-0.4, -0.2) is 38.1 Å². The molecule has 25 heavy (non-hydrogen) atoms. The Labute approximate surface area is 144 Å². The molecule has 0 radical (unpaired) electrons. The number of aromatic nitrogens is 3. The van der Waals surface area contributed by atoms with Crippen molar-refractivity contribution in [2.75, 3.05) is 13.6 Å². The van der Waals surface area contributed by atoms with Crippen molar-refractivity contribution in [3.8, 4) is 5.75 Å². The van der Waals surface area contributed by atoms with Crippen LogP contribution in [0.4, 0.5) is 13.2 Å². The molecule has 0 aromatic carbocycles. The van der Waals surface area contributed by atoms with Gasteiger partial charge in [0.1, 0.15) is 11.6 Å². The number of halogens is 3. The normalized spacial score (nSPS) is 17.8. The molecule has 0 amide bonds. The lowest BCUT2D eigenvalue weighted by molar-refractivity contribution is -0.141. The molecular weight excluding hydrogens is 333 g/mol. The second kappa shape index (κ2) is 6.67. The first-order valence-corrected chi connectivity index (χ1v) is 8.19. The molecule has 3 rings (SSSR count). The van der Waals surface area contributed by atoms with Crippen molar-refractivity contribution in [1.29, 1.82) is 0 Å². The Morgan fingerprint density at radius 1 is 1.32 bits per heavy atom. The molecular formula is C17H21F3N4O. The Morgan fingerprint density at radius 2 is 2.08 bits per heavy atom. The second-order valence-electron chi connectivity index (χ2n) is 6.71. The van der Waals surface area contributed by atoms with Gasteiger partial charge in [-0.05, 0) is 38.4 Å². The standard InChI is InChI=1S/C17H21F3N4O/c1-11-3-5-14(25)13(21-11)9-23(2)7-12-4-6-16-22-15(17(18,19)20)10-24(16)8-12/h3,5,10,12,25H,4,6-9H2,1-2H3/t12-/m0/s1. The van der Waals surface area contributed by atoms with E-state index in [1.165, 1.54) is 0 Å². The van der Waals surface area contributed by atoms with Crippen LogP contribution in [0.3, 0.4) is 0 Å². The van der Waals surface area contributed by atoms with Gasteiger partial charge in [0, 0.05) is 37.9 Å². The van der Waals surface area contributed by atoms with Crippen LogP contribution < -0.4 is 0 Å². The van der Waals surface area contributed by atoms with Gasteiger partial charge in [0.15, 0.2) is 5.69 Å². The fourth-order valence-electron chi connectivity index (χ4n) is 3.28. The molecule has 0 saturated heterocycles. The Balaban J connectivity index is 1.62. The van der Waals surface area contributed by atoms with Crippen molar-refractivity contribution in [1.82, 2.24) is 19.4 Å². The second-order valence-corrected chi connectivity index (χ2v) is 6.71. The maximum Gasteiger partial charge on any atom is 0.434 e. The van der Waals surface area contributed by atoms with Gasteiger partial charge in [0.25, 0.3) is 0 Å². The summed E-state index contributed by atoms with van der Waals surface area (Å²) in [5.41, 5.74) is 0.632. The van der Waals surface area contributed by atoms with Gasteiger partial charge in [-0.2, -0.15) is 13.2 Å². The van der Waals surface area contributed by atoms with Gasteiger partial charge in [-0.15, -0.1) is 0 Å². The van der Waals surface area contributed by atoms with Crippen LogP contribution in [0.25, 0.3) is 0 Å². The van der Waals surface area contributed by atoms with E-state index in [-0.39, 0.29) is 11.7 Å². The maximum atomic E-state index is 12.8. The summed E-state index contributed by atoms with van der Waals surface area (Å²) in [6, 6.07) is 3.38. The molecule has 136 valence electrons. The highest BCUT2D eigenvalue weighted by Crippen LogP contribution is 2.31. The van der Waals surface area contributed by atoms with Crippen LogP contribution in [0.5, 0.6) is 5.75 Å². The average molecular weight is 354 g/mol. The monoisotopic (exact) mass is 354 g/mol. The van der Waals surface area contributed by atoms with Gasteiger partial charge < -0.3 is 14.6 Å². The molecule has 1 aliphatic rings. The van der Waals surface area contributed by atoms with Crippen molar-refractivity contribution in [2.45, 2.75) is 39.0 Å². The summed E-state index contributed by atoms with van der Waals surface area (Å²) in [5, 5.41) is 9.89. The quantitative estimate of drug-likeness (QED) is 0.917. The van der Waals surface area contributed by atoms with Crippen molar-refractivity contribution < 1.29 is 18.3 Å². The zero-order valence-electron chi connectivity index (χ0n) is 14.2. The molecule has 2 aromatic heterocycles. The smallest absolute Gasteiger partial charge is 0.434 e. The lowest BCUT2D eigenvalue weighted by atomic mass is 9.99. The highest BCUT2D eigenvalue weighted by Gasteiger charge is 2.35. The number of aromatic hydroxyl groups is 1. The molecule has 0 bridgehead atoms. The third-order valence-electron chi connectivity index (χ3n) is 4.46. The summed E-state index contributed by atoms with van der Waals surface area (Å²) in [5.74, 6) is 0.900. The lowest BCUT2D eigenvalue weighted by Gasteiger charge is -2.28. The van der Waals surface area contributed by atoms with Crippen LogP contribution in [0.1, 0.15) is 29.3 Å². The SMILES string of the molecule is Cc1ccc(O)c(CN(C)C[C@@H]2CCc3nc(C(F)(F)F)cn3C2)n1. The van der Waals surface area contributed by atoms with Crippen molar-refractivity contribution in [3.05, 3.63) is 41.2 Å². The van der Waals surface area contributed by atoms with Crippen LogP contribution in [0, 0.1) is 12.8 Å². The van der Waals surface area contributed by atoms with E-state index in [0.29, 0.717) is 37.6 Å². The van der Waals surface area contributed by atoms with Crippen molar-refractivity contribution >= 4 is 0 Å². The molecule has 3 heterocycles. The minimum atomic E-state index is -4.40. The van der Waals surface area contributed by atoms with Gasteiger partial charge in [-0.25, -0.2) is 4.98 Å². The third-order valence-corrected chi connectivity index (χ3v) is 4.46. The van der Waals surface area contributed by atoms with E-state index in [2.05, 4.69) is 9.97 Å². The number of imidazole rings is 1. The molecule has 5 nitrogen and oxygen atoms in total. The molecule has 1 N–H and O–H groups in total. The van der Waals surface area contributed by atoms with Crippen molar-refractivity contribution in [3.63, 3.8) is 0 Å². The van der Waals surface area contributed by atoms with Gasteiger partial charge >= 0.3 is 6.18 Å². The van der Waals surface area contributed by atoms with Crippen molar-refractivity contribution in [2.24, 2.45) is 5.92 Å². The van der Waals surface area contributed by atoms with Crippen LogP contribution >= 0.6 is 0 Å². The predicted molar refractivity (Wildman–Crippen MR) is 86.0 cm³/mol. The number of hydrogen-bond acceptors (Lipinski definition) is 4. The highest BCUT2D eigenvalue weighted by molar-refractivity contribution is 5.27. The zero-order valence-corrected chi connectivity index (χ0v) is 14.2. The largest absolute Gasteiger partial charge is 0.506 e. The summed E-state index contributed by atoms with van der Waals surface area (Å²) in [4.78, 5) is 10.1. The van der Waals surface area contributed by atoms with E-state index < -0.39 is 11.9 Å². The van der Waals surface area contributed by atoms with Gasteiger partial charge in [-0.3, -0.25) is 4.98 Å². The summed E-state index contributed by atoms with van der Waals surface area (Å²) < 4.78 is 40.0. The predicted octanol–water partition coefficient (Wildman–Crippen LogP) is 3.01. The number of rotatable bonds is 4. The van der Waals surface area contributed by atoms with Gasteiger partial charge in [0.2, 0.25) is 0 Å². The molecule has 0 fully saturated rings. The van der Waals surface area contributed by atoms with E-state index in [1.807, 2.05) is 18.9 Å². The molecule has 0 aliphatic carbocycles. The first-order valence-electron chi connectivity index (χ1n) is 8.19. The fraction of sp³-hybridized carbons (Fsp3) is 0.529. The van der Waals surface area contributed by atoms with E-state index in [1.54, 1.807) is 16.7 Å². The first kappa shape index (κ1) is 17.7. The summed E-state index contributed by atoms with van der Waals surface area (Å²) in [6.45, 7) is 3.60.